The normalized spacial score (nSPS) is 16.5. The van der Waals surface area contributed by atoms with Crippen LogP contribution in [0.25, 0.3) is 6.08 Å². The molecule has 1 fully saturated rings. The van der Waals surface area contributed by atoms with E-state index in [0.717, 1.165) is 38.1 Å². The van der Waals surface area contributed by atoms with Gasteiger partial charge in [-0.05, 0) is 17.7 Å². The van der Waals surface area contributed by atoms with Crippen molar-refractivity contribution >= 4 is 28.1 Å². The van der Waals surface area contributed by atoms with Crippen molar-refractivity contribution in [2.24, 2.45) is 4.99 Å². The Bertz CT molecular complexity index is 618. The van der Waals surface area contributed by atoms with Crippen LogP contribution in [0.5, 0.6) is 0 Å². The minimum absolute atomic E-state index is 0.560. The van der Waals surface area contributed by atoms with Crippen LogP contribution in [0.1, 0.15) is 5.56 Å². The third-order valence-electron chi connectivity index (χ3n) is 3.03. The second-order valence-corrected chi connectivity index (χ2v) is 6.78. The molecule has 1 aromatic carbocycles. The summed E-state index contributed by atoms with van der Waals surface area (Å²) in [5.74, 6) is 0. The average molecular weight is 323 g/mol. The number of sulfonamides is 1. The largest absolute Gasteiger partial charge is 0.378 e. The van der Waals surface area contributed by atoms with Crippen LogP contribution in [0.2, 0.25) is 0 Å². The molecule has 0 spiro atoms. The van der Waals surface area contributed by atoms with E-state index in [0.29, 0.717) is 12.2 Å². The standard InChI is InChI=1S/C15H21N3O3S/c1-22(19,20)17-15-6-4-14(5-7-15)3-2-8-16-13-18-9-11-21-12-10-18/h2-7,13,17H,8-12H2,1H3. The van der Waals surface area contributed by atoms with Crippen molar-refractivity contribution in [3.05, 3.63) is 35.9 Å². The van der Waals surface area contributed by atoms with Gasteiger partial charge in [-0.25, -0.2) is 8.42 Å². The van der Waals surface area contributed by atoms with Gasteiger partial charge >= 0.3 is 0 Å². The topological polar surface area (TPSA) is 71.0 Å². The molecule has 0 saturated carbocycles. The van der Waals surface area contributed by atoms with Gasteiger partial charge in [-0.15, -0.1) is 0 Å². The van der Waals surface area contributed by atoms with Crippen LogP contribution >= 0.6 is 0 Å². The monoisotopic (exact) mass is 323 g/mol. The minimum atomic E-state index is -3.23. The number of nitrogens with zero attached hydrogens (tertiary/aromatic N) is 2. The van der Waals surface area contributed by atoms with Gasteiger partial charge < -0.3 is 9.64 Å². The molecule has 0 bridgehead atoms. The second-order valence-electron chi connectivity index (χ2n) is 5.03. The molecule has 0 aliphatic carbocycles. The fourth-order valence-electron chi connectivity index (χ4n) is 1.98. The van der Waals surface area contributed by atoms with Gasteiger partial charge in [0, 0.05) is 18.8 Å². The first kappa shape index (κ1) is 16.5. The quantitative estimate of drug-likeness (QED) is 0.635. The number of nitrogens with one attached hydrogen (secondary N) is 1. The lowest BCUT2D eigenvalue weighted by Crippen LogP contribution is -2.35. The summed E-state index contributed by atoms with van der Waals surface area (Å²) >= 11 is 0. The molecule has 1 N–H and O–H groups in total. The van der Waals surface area contributed by atoms with E-state index in [1.807, 2.05) is 30.6 Å². The number of ether oxygens (including phenoxy) is 1. The average Bonchev–Trinajstić information content (AvgIpc) is 2.48. The number of benzene rings is 1. The summed E-state index contributed by atoms with van der Waals surface area (Å²) in [6.07, 6.45) is 6.93. The van der Waals surface area contributed by atoms with Crippen LogP contribution < -0.4 is 4.72 Å². The molecule has 1 saturated heterocycles. The smallest absolute Gasteiger partial charge is 0.229 e. The molecule has 1 aromatic rings. The van der Waals surface area contributed by atoms with Crippen LogP contribution in [-0.4, -0.2) is 58.8 Å². The number of hydrogen-bond donors (Lipinski definition) is 1. The molecule has 0 amide bonds. The molecular weight excluding hydrogens is 302 g/mol. The Labute approximate surface area is 131 Å². The Hall–Kier alpha value is -1.86. The van der Waals surface area contributed by atoms with Gasteiger partial charge in [-0.3, -0.25) is 9.71 Å². The van der Waals surface area contributed by atoms with E-state index in [9.17, 15) is 8.42 Å². The summed E-state index contributed by atoms with van der Waals surface area (Å²) in [6.45, 7) is 3.91. The van der Waals surface area contributed by atoms with E-state index in [-0.39, 0.29) is 0 Å². The minimum Gasteiger partial charge on any atom is -0.378 e. The van der Waals surface area contributed by atoms with E-state index < -0.39 is 10.0 Å². The second kappa shape index (κ2) is 7.95. The highest BCUT2D eigenvalue weighted by Crippen LogP contribution is 2.11. The van der Waals surface area contributed by atoms with Gasteiger partial charge in [0.1, 0.15) is 0 Å². The van der Waals surface area contributed by atoms with E-state index >= 15 is 0 Å². The third-order valence-corrected chi connectivity index (χ3v) is 3.63. The van der Waals surface area contributed by atoms with Crippen LogP contribution in [0.15, 0.2) is 35.3 Å². The van der Waals surface area contributed by atoms with E-state index in [1.54, 1.807) is 12.1 Å². The summed E-state index contributed by atoms with van der Waals surface area (Å²) in [4.78, 5) is 6.48. The maximum Gasteiger partial charge on any atom is 0.229 e. The lowest BCUT2D eigenvalue weighted by Gasteiger charge is -2.24. The highest BCUT2D eigenvalue weighted by atomic mass is 32.2. The maximum absolute atomic E-state index is 11.1. The third kappa shape index (κ3) is 6.28. The zero-order valence-electron chi connectivity index (χ0n) is 12.6. The Kier molecular flexibility index (Phi) is 5.97. The number of rotatable bonds is 6. The Morgan fingerprint density at radius 3 is 2.59 bits per heavy atom. The summed E-state index contributed by atoms with van der Waals surface area (Å²) < 4.78 is 29.9. The van der Waals surface area contributed by atoms with Crippen molar-refractivity contribution < 1.29 is 13.2 Å². The summed E-state index contributed by atoms with van der Waals surface area (Å²) in [5, 5.41) is 0. The summed E-state index contributed by atoms with van der Waals surface area (Å²) in [5.41, 5.74) is 1.56. The molecule has 7 heteroatoms. The Morgan fingerprint density at radius 2 is 1.95 bits per heavy atom. The zero-order valence-corrected chi connectivity index (χ0v) is 13.4. The molecule has 1 heterocycles. The van der Waals surface area contributed by atoms with Gasteiger partial charge in [-0.2, -0.15) is 0 Å². The summed E-state index contributed by atoms with van der Waals surface area (Å²) in [7, 11) is -3.23. The van der Waals surface area contributed by atoms with Gasteiger partial charge in [0.2, 0.25) is 10.0 Å². The Balaban J connectivity index is 1.79. The molecular formula is C15H21N3O3S. The van der Waals surface area contributed by atoms with Gasteiger partial charge in [0.25, 0.3) is 0 Å². The summed E-state index contributed by atoms with van der Waals surface area (Å²) in [6, 6.07) is 7.18. The van der Waals surface area contributed by atoms with Crippen LogP contribution in [0, 0.1) is 0 Å². The van der Waals surface area contributed by atoms with Crippen LogP contribution in [-0.2, 0) is 14.8 Å². The zero-order chi connectivity index (χ0) is 15.8. The molecule has 1 aliphatic heterocycles. The van der Waals surface area contributed by atoms with Gasteiger partial charge in [0.15, 0.2) is 0 Å². The fraction of sp³-hybridized carbons (Fsp3) is 0.400. The van der Waals surface area contributed by atoms with Gasteiger partial charge in [0.05, 0.1) is 32.4 Å². The predicted molar refractivity (Wildman–Crippen MR) is 89.7 cm³/mol. The Morgan fingerprint density at radius 1 is 1.27 bits per heavy atom. The van der Waals surface area contributed by atoms with Gasteiger partial charge in [-0.1, -0.05) is 24.3 Å². The number of morpholine rings is 1. The fourth-order valence-corrected chi connectivity index (χ4v) is 2.55. The van der Waals surface area contributed by atoms with Crippen molar-refractivity contribution in [1.29, 1.82) is 0 Å². The van der Waals surface area contributed by atoms with Crippen molar-refractivity contribution in [3.63, 3.8) is 0 Å². The highest BCUT2D eigenvalue weighted by molar-refractivity contribution is 7.92. The molecule has 1 aliphatic rings. The van der Waals surface area contributed by atoms with Crippen LogP contribution in [0.4, 0.5) is 5.69 Å². The highest BCUT2D eigenvalue weighted by Gasteiger charge is 2.05. The van der Waals surface area contributed by atoms with Crippen molar-refractivity contribution in [2.75, 3.05) is 43.8 Å². The van der Waals surface area contributed by atoms with E-state index in [1.165, 1.54) is 0 Å². The lowest BCUT2D eigenvalue weighted by molar-refractivity contribution is 0.0700. The predicted octanol–water partition coefficient (Wildman–Crippen LogP) is 1.43. The number of anilines is 1. The van der Waals surface area contributed by atoms with Crippen molar-refractivity contribution in [2.45, 2.75) is 0 Å². The first-order valence-electron chi connectivity index (χ1n) is 7.09. The van der Waals surface area contributed by atoms with Crippen LogP contribution in [0.3, 0.4) is 0 Å². The maximum atomic E-state index is 11.1. The van der Waals surface area contributed by atoms with E-state index in [4.69, 9.17) is 4.74 Å². The van der Waals surface area contributed by atoms with E-state index in [2.05, 4.69) is 14.6 Å². The molecule has 6 nitrogen and oxygen atoms in total. The molecule has 0 unspecified atom stereocenters. The molecule has 22 heavy (non-hydrogen) atoms. The molecule has 2 rings (SSSR count). The number of aliphatic imine (C=N–C) groups is 1. The molecule has 120 valence electrons. The van der Waals surface area contributed by atoms with Crippen molar-refractivity contribution in [1.82, 2.24) is 4.90 Å². The van der Waals surface area contributed by atoms with Crippen molar-refractivity contribution in [3.8, 4) is 0 Å². The molecule has 0 aromatic heterocycles. The first-order valence-corrected chi connectivity index (χ1v) is 8.98. The lowest BCUT2D eigenvalue weighted by atomic mass is 10.2. The molecule has 0 atom stereocenters. The SMILES string of the molecule is CS(=O)(=O)Nc1ccc(C=CCN=CN2CCOCC2)cc1. The molecule has 0 radical (unpaired) electrons. The first-order chi connectivity index (χ1) is 10.5. The number of hydrogen-bond acceptors (Lipinski definition) is 4.